The van der Waals surface area contributed by atoms with Gasteiger partial charge in [0, 0.05) is 25.8 Å². The van der Waals surface area contributed by atoms with Crippen LogP contribution in [0.25, 0.3) is 0 Å². The Balaban J connectivity index is 3.11. The Kier molecular flexibility index (Phi) is 10.8. The van der Waals surface area contributed by atoms with Crippen molar-refractivity contribution in [1.82, 2.24) is 10.3 Å². The number of nitrogens with two attached hydrogens (primary N) is 3. The Morgan fingerprint density at radius 1 is 1.24 bits per heavy atom. The van der Waals surface area contributed by atoms with E-state index in [1.807, 2.05) is 18.7 Å². The number of hydrogen-bond acceptors (Lipinski definition) is 11. The molecule has 1 aromatic heterocycles. The molecule has 3 atom stereocenters. The van der Waals surface area contributed by atoms with Gasteiger partial charge in [-0.2, -0.15) is 4.91 Å². The molecular formula is C17H31N9O3. The second-order valence-corrected chi connectivity index (χ2v) is 6.59. The van der Waals surface area contributed by atoms with E-state index in [-0.39, 0.29) is 0 Å². The second kappa shape index (κ2) is 12.8. The fraction of sp³-hybridized carbons (Fsp3) is 0.647. The molecule has 0 aromatic carbocycles. The van der Waals surface area contributed by atoms with Gasteiger partial charge in [-0.05, 0) is 19.0 Å². The van der Waals surface area contributed by atoms with Crippen LogP contribution in [0, 0.1) is 15.7 Å². The minimum atomic E-state index is -1.38. The lowest BCUT2D eigenvalue weighted by atomic mass is 10.0. The Morgan fingerprint density at radius 2 is 1.97 bits per heavy atom. The fourth-order valence-electron chi connectivity index (χ4n) is 2.88. The van der Waals surface area contributed by atoms with Crippen LogP contribution in [0.2, 0.25) is 0 Å². The molecule has 0 aliphatic rings. The largest absolute Gasteiger partial charge is 0.367 e. The third kappa shape index (κ3) is 7.42. The molecule has 0 bridgehead atoms. The van der Waals surface area contributed by atoms with Crippen molar-refractivity contribution in [3.05, 3.63) is 28.3 Å². The van der Waals surface area contributed by atoms with Crippen LogP contribution < -0.4 is 32.7 Å². The van der Waals surface area contributed by atoms with Crippen LogP contribution in [0.1, 0.15) is 20.3 Å². The lowest BCUT2D eigenvalue weighted by Crippen LogP contribution is -2.52. The van der Waals surface area contributed by atoms with Crippen LogP contribution in [0.5, 0.6) is 0 Å². The van der Waals surface area contributed by atoms with Gasteiger partial charge in [0.1, 0.15) is 12.0 Å². The highest BCUT2D eigenvalue weighted by Crippen LogP contribution is 2.26. The van der Waals surface area contributed by atoms with Crippen molar-refractivity contribution in [2.45, 2.75) is 38.6 Å². The number of nitrogens with zero attached hydrogens (tertiary/aromatic N) is 4. The minimum absolute atomic E-state index is 0.354. The van der Waals surface area contributed by atoms with Crippen LogP contribution in [-0.4, -0.2) is 55.4 Å². The number of carbonyl (C=O) groups is 1. The number of nitroso groups, excluding NO2 is 2. The number of pyridine rings is 1. The van der Waals surface area contributed by atoms with Crippen LogP contribution in [-0.2, 0) is 4.79 Å². The lowest BCUT2D eigenvalue weighted by Gasteiger charge is -2.29. The standard InChI is InChI=1S/C17H31N9O3/c1-3-7-26(10-11(24-28)8-21-4-2)13-5-6-22-9-12(13)23-17(27)14(15(18)19)16(20)25-29/h5-6,9,11,14-16,21H,3-4,7-8,10,18-20H2,1-2H3,(H,23,27). The van der Waals surface area contributed by atoms with Gasteiger partial charge in [-0.25, -0.2) is 0 Å². The van der Waals surface area contributed by atoms with Crippen LogP contribution in [0.3, 0.4) is 0 Å². The number of rotatable bonds is 14. The molecule has 1 heterocycles. The first-order valence-electron chi connectivity index (χ1n) is 9.51. The molecule has 0 saturated heterocycles. The van der Waals surface area contributed by atoms with E-state index in [0.717, 1.165) is 13.0 Å². The highest BCUT2D eigenvalue weighted by molar-refractivity contribution is 5.96. The second-order valence-electron chi connectivity index (χ2n) is 6.59. The maximum atomic E-state index is 12.6. The van der Waals surface area contributed by atoms with Gasteiger partial charge in [-0.15, -0.1) is 4.91 Å². The van der Waals surface area contributed by atoms with Gasteiger partial charge in [-0.3, -0.25) is 9.78 Å². The minimum Gasteiger partial charge on any atom is -0.367 e. The number of anilines is 2. The van der Waals surface area contributed by atoms with Crippen molar-refractivity contribution >= 4 is 17.3 Å². The van der Waals surface area contributed by atoms with Crippen molar-refractivity contribution in [1.29, 1.82) is 0 Å². The molecule has 0 aliphatic heterocycles. The molecule has 3 unspecified atom stereocenters. The van der Waals surface area contributed by atoms with E-state index in [1.54, 1.807) is 12.3 Å². The van der Waals surface area contributed by atoms with Crippen molar-refractivity contribution in [3.8, 4) is 0 Å². The molecule has 1 rings (SSSR count). The molecular weight excluding hydrogens is 378 g/mol. The van der Waals surface area contributed by atoms with Gasteiger partial charge >= 0.3 is 0 Å². The summed E-state index contributed by atoms with van der Waals surface area (Å²) in [4.78, 5) is 40.6. The molecule has 0 saturated carbocycles. The Hall–Kier alpha value is -2.54. The number of carbonyl (C=O) groups excluding carboxylic acids is 1. The van der Waals surface area contributed by atoms with E-state index < -0.39 is 30.2 Å². The molecule has 1 amide bonds. The third-order valence-electron chi connectivity index (χ3n) is 4.31. The summed E-state index contributed by atoms with van der Waals surface area (Å²) in [6, 6.07) is 1.24. The number of hydrogen-bond donors (Lipinski definition) is 5. The van der Waals surface area contributed by atoms with Gasteiger partial charge < -0.3 is 32.7 Å². The van der Waals surface area contributed by atoms with Gasteiger partial charge in [0.15, 0.2) is 6.17 Å². The van der Waals surface area contributed by atoms with Gasteiger partial charge in [0.05, 0.1) is 23.7 Å². The Labute approximate surface area is 169 Å². The summed E-state index contributed by atoms with van der Waals surface area (Å²) >= 11 is 0. The molecule has 0 fully saturated rings. The molecule has 12 heteroatoms. The predicted molar refractivity (Wildman–Crippen MR) is 113 cm³/mol. The van der Waals surface area contributed by atoms with Crippen molar-refractivity contribution in [2.75, 3.05) is 36.4 Å². The van der Waals surface area contributed by atoms with Crippen molar-refractivity contribution in [3.63, 3.8) is 0 Å². The highest BCUT2D eigenvalue weighted by atomic mass is 16.3. The molecule has 8 N–H and O–H groups in total. The third-order valence-corrected chi connectivity index (χ3v) is 4.31. The number of amides is 1. The smallest absolute Gasteiger partial charge is 0.234 e. The predicted octanol–water partition coefficient (Wildman–Crippen LogP) is -0.108. The molecule has 29 heavy (non-hydrogen) atoms. The summed E-state index contributed by atoms with van der Waals surface area (Å²) in [6.45, 7) is 6.09. The van der Waals surface area contributed by atoms with Crippen LogP contribution in [0.4, 0.5) is 11.4 Å². The summed E-state index contributed by atoms with van der Waals surface area (Å²) in [5.41, 5.74) is 17.8. The van der Waals surface area contributed by atoms with E-state index >= 15 is 0 Å². The van der Waals surface area contributed by atoms with Crippen LogP contribution >= 0.6 is 0 Å². The zero-order valence-corrected chi connectivity index (χ0v) is 16.8. The molecule has 0 spiro atoms. The summed E-state index contributed by atoms with van der Waals surface area (Å²) in [7, 11) is 0. The first-order valence-corrected chi connectivity index (χ1v) is 9.51. The monoisotopic (exact) mass is 409 g/mol. The summed E-state index contributed by atoms with van der Waals surface area (Å²) < 4.78 is 0. The molecule has 0 aliphatic carbocycles. The first-order chi connectivity index (χ1) is 13.9. The summed E-state index contributed by atoms with van der Waals surface area (Å²) in [5, 5.41) is 11.6. The van der Waals surface area contributed by atoms with E-state index in [9.17, 15) is 14.6 Å². The first kappa shape index (κ1) is 24.5. The van der Waals surface area contributed by atoms with Crippen LogP contribution in [0.15, 0.2) is 28.8 Å². The highest BCUT2D eigenvalue weighted by Gasteiger charge is 2.31. The van der Waals surface area contributed by atoms with Crippen molar-refractivity contribution < 1.29 is 4.79 Å². The summed E-state index contributed by atoms with van der Waals surface area (Å²) in [6.07, 6.45) is 1.29. The maximum Gasteiger partial charge on any atom is 0.234 e. The quantitative estimate of drug-likeness (QED) is 0.206. The zero-order chi connectivity index (χ0) is 21.8. The fourth-order valence-corrected chi connectivity index (χ4v) is 2.88. The lowest BCUT2D eigenvalue weighted by molar-refractivity contribution is -0.121. The summed E-state index contributed by atoms with van der Waals surface area (Å²) in [5.74, 6) is -1.85. The van der Waals surface area contributed by atoms with E-state index in [2.05, 4.69) is 26.0 Å². The molecule has 12 nitrogen and oxygen atoms in total. The van der Waals surface area contributed by atoms with E-state index in [0.29, 0.717) is 31.0 Å². The number of nitrogens with one attached hydrogen (secondary N) is 2. The average Bonchev–Trinajstić information content (AvgIpc) is 2.70. The van der Waals surface area contributed by atoms with Gasteiger partial charge in [0.25, 0.3) is 0 Å². The molecule has 162 valence electrons. The molecule has 0 radical (unpaired) electrons. The van der Waals surface area contributed by atoms with Gasteiger partial charge in [0.2, 0.25) is 5.91 Å². The average molecular weight is 409 g/mol. The number of aromatic nitrogens is 1. The van der Waals surface area contributed by atoms with E-state index in [1.165, 1.54) is 6.20 Å². The SMILES string of the molecule is CCCN(CC(CNCC)N=O)c1ccncc1NC(=O)C(C(N)N)C(N)N=O. The van der Waals surface area contributed by atoms with Gasteiger partial charge in [-0.1, -0.05) is 24.2 Å². The number of likely N-dealkylation sites (N-methyl/N-ethyl adjacent to an activating group) is 1. The van der Waals surface area contributed by atoms with E-state index in [4.69, 9.17) is 17.2 Å². The zero-order valence-electron chi connectivity index (χ0n) is 16.8. The molecule has 1 aromatic rings. The topological polar surface area (TPSA) is 194 Å². The normalized spacial score (nSPS) is 14.1. The van der Waals surface area contributed by atoms with Crippen molar-refractivity contribution in [2.24, 2.45) is 33.5 Å². The Morgan fingerprint density at radius 3 is 2.52 bits per heavy atom. The maximum absolute atomic E-state index is 12.6. The Bertz CT molecular complexity index is 659.